The van der Waals surface area contributed by atoms with Crippen LogP contribution in [-0.4, -0.2) is 29.0 Å². The van der Waals surface area contributed by atoms with Crippen LogP contribution in [-0.2, 0) is 9.59 Å². The Labute approximate surface area is 111 Å². The average molecular weight is 260 g/mol. The first-order valence-electron chi connectivity index (χ1n) is 6.44. The first kappa shape index (κ1) is 12.3. The Morgan fingerprint density at radius 1 is 1.32 bits per heavy atom. The fourth-order valence-corrected chi connectivity index (χ4v) is 2.80. The number of rotatable bonds is 4. The monoisotopic (exact) mass is 260 g/mol. The maximum Gasteiger partial charge on any atom is 0.246 e. The van der Waals surface area contributed by atoms with Crippen LogP contribution in [0.25, 0.3) is 0 Å². The minimum Gasteiger partial charge on any atom is -0.387 e. The van der Waals surface area contributed by atoms with E-state index in [1.54, 1.807) is 0 Å². The predicted molar refractivity (Wildman–Crippen MR) is 68.0 cm³/mol. The lowest BCUT2D eigenvalue weighted by molar-refractivity contribution is -0.153. The summed E-state index contributed by atoms with van der Waals surface area (Å²) in [5.41, 5.74) is 0.156. The third kappa shape index (κ3) is 2.05. The van der Waals surface area contributed by atoms with E-state index in [0.717, 1.165) is 5.56 Å². The normalized spacial score (nSPS) is 30.5. The molecule has 3 fully saturated rings. The summed E-state index contributed by atoms with van der Waals surface area (Å²) in [6.45, 7) is 0.304. The summed E-state index contributed by atoms with van der Waals surface area (Å²) >= 11 is 0. The second-order valence-electron chi connectivity index (χ2n) is 5.31. The Hall–Kier alpha value is -1.72. The maximum atomic E-state index is 11.8. The second-order valence-corrected chi connectivity index (χ2v) is 5.31. The molecule has 1 unspecified atom stereocenters. The molecule has 0 radical (unpaired) electrons. The lowest BCUT2D eigenvalue weighted by Crippen LogP contribution is -2.72. The van der Waals surface area contributed by atoms with Crippen molar-refractivity contribution < 1.29 is 14.7 Å². The van der Waals surface area contributed by atoms with Crippen LogP contribution in [0.2, 0.25) is 0 Å². The van der Waals surface area contributed by atoms with Gasteiger partial charge in [0.2, 0.25) is 11.8 Å². The van der Waals surface area contributed by atoms with E-state index in [1.807, 2.05) is 30.3 Å². The van der Waals surface area contributed by atoms with E-state index in [1.165, 1.54) is 0 Å². The van der Waals surface area contributed by atoms with Crippen molar-refractivity contribution in [3.63, 3.8) is 0 Å². The van der Waals surface area contributed by atoms with Crippen molar-refractivity contribution in [1.29, 1.82) is 0 Å². The zero-order valence-electron chi connectivity index (χ0n) is 10.4. The Morgan fingerprint density at radius 3 is 2.63 bits per heavy atom. The summed E-state index contributed by atoms with van der Waals surface area (Å²) < 4.78 is 0. The van der Waals surface area contributed by atoms with Crippen LogP contribution in [0.1, 0.15) is 24.5 Å². The van der Waals surface area contributed by atoms with Crippen molar-refractivity contribution in [3.05, 3.63) is 35.9 Å². The van der Waals surface area contributed by atoms with Crippen molar-refractivity contribution in [3.8, 4) is 0 Å². The van der Waals surface area contributed by atoms with Crippen molar-refractivity contribution in [2.24, 2.45) is 5.92 Å². The summed E-state index contributed by atoms with van der Waals surface area (Å²) in [4.78, 5) is 23.2. The number of piperidine rings is 2. The van der Waals surface area contributed by atoms with E-state index in [9.17, 15) is 14.7 Å². The van der Waals surface area contributed by atoms with E-state index in [4.69, 9.17) is 0 Å². The third-order valence-corrected chi connectivity index (χ3v) is 4.05. The summed E-state index contributed by atoms with van der Waals surface area (Å²) in [6.07, 6.45) is 0.429. The number of hydrogen-bond acceptors (Lipinski definition) is 4. The number of aliphatic hydroxyl groups is 1. The Kier molecular flexibility index (Phi) is 2.88. The lowest BCUT2D eigenvalue weighted by atomic mass is 9.64. The van der Waals surface area contributed by atoms with E-state index in [-0.39, 0.29) is 17.7 Å². The van der Waals surface area contributed by atoms with Crippen molar-refractivity contribution in [2.45, 2.75) is 24.5 Å². The van der Waals surface area contributed by atoms with Gasteiger partial charge in [0, 0.05) is 12.5 Å². The smallest absolute Gasteiger partial charge is 0.246 e. The first-order valence-corrected chi connectivity index (χ1v) is 6.44. The van der Waals surface area contributed by atoms with Gasteiger partial charge in [0.25, 0.3) is 0 Å². The molecule has 2 aliphatic heterocycles. The molecule has 19 heavy (non-hydrogen) atoms. The van der Waals surface area contributed by atoms with Gasteiger partial charge in [-0.15, -0.1) is 0 Å². The number of carbonyl (C=O) groups excluding carboxylic acids is 2. The SMILES string of the molecule is O=C1NC(=O)C2(NCC(O)c3ccccc3)CC1C2. The first-order chi connectivity index (χ1) is 9.11. The molecule has 2 bridgehead atoms. The fraction of sp³-hybridized carbons (Fsp3) is 0.429. The van der Waals surface area contributed by atoms with Crippen molar-refractivity contribution in [1.82, 2.24) is 10.6 Å². The van der Waals surface area contributed by atoms with Gasteiger partial charge in [0.1, 0.15) is 0 Å². The van der Waals surface area contributed by atoms with Crippen LogP contribution in [0.4, 0.5) is 0 Å². The molecule has 100 valence electrons. The van der Waals surface area contributed by atoms with Crippen LogP contribution in [0.15, 0.2) is 30.3 Å². The van der Waals surface area contributed by atoms with Gasteiger partial charge >= 0.3 is 0 Å². The van der Waals surface area contributed by atoms with Crippen LogP contribution >= 0.6 is 0 Å². The summed E-state index contributed by atoms with van der Waals surface area (Å²) in [5, 5.41) is 15.5. The number of carbonyl (C=O) groups is 2. The molecule has 1 atom stereocenters. The number of β-amino-alcohol motifs (C(OH)–C–C–N with tert-alkyl or cyclic N) is 1. The highest BCUT2D eigenvalue weighted by molar-refractivity contribution is 6.07. The molecule has 3 N–H and O–H groups in total. The predicted octanol–water partition coefficient (Wildman–Crippen LogP) is 0.115. The van der Waals surface area contributed by atoms with Crippen molar-refractivity contribution >= 4 is 11.8 Å². The Bertz CT molecular complexity index is 509. The molecule has 1 aromatic rings. The number of amides is 2. The molecule has 0 aromatic heterocycles. The lowest BCUT2D eigenvalue weighted by Gasteiger charge is -2.50. The van der Waals surface area contributed by atoms with Crippen LogP contribution in [0, 0.1) is 5.92 Å². The number of benzene rings is 1. The summed E-state index contributed by atoms with van der Waals surface area (Å²) in [5.74, 6) is -0.489. The van der Waals surface area contributed by atoms with Crippen molar-refractivity contribution in [2.75, 3.05) is 6.54 Å². The highest BCUT2D eigenvalue weighted by Crippen LogP contribution is 2.41. The number of aliphatic hydroxyl groups excluding tert-OH is 1. The molecule has 1 saturated carbocycles. The number of fused-ring (bicyclic) bond motifs is 2. The van der Waals surface area contributed by atoms with E-state index in [0.29, 0.717) is 19.4 Å². The largest absolute Gasteiger partial charge is 0.387 e. The zero-order valence-corrected chi connectivity index (χ0v) is 10.4. The molecule has 5 heteroatoms. The minimum atomic E-state index is -0.658. The van der Waals surface area contributed by atoms with Gasteiger partial charge in [-0.05, 0) is 18.4 Å². The van der Waals surface area contributed by atoms with Crippen LogP contribution in [0.3, 0.4) is 0 Å². The van der Waals surface area contributed by atoms with E-state index < -0.39 is 11.6 Å². The average Bonchev–Trinajstić information content (AvgIpc) is 2.37. The number of nitrogens with one attached hydrogen (secondary N) is 2. The Balaban J connectivity index is 1.62. The number of hydrogen-bond donors (Lipinski definition) is 3. The molecule has 2 saturated heterocycles. The summed E-state index contributed by atoms with van der Waals surface area (Å²) in [6, 6.07) is 9.31. The van der Waals surface area contributed by atoms with E-state index in [2.05, 4.69) is 10.6 Å². The van der Waals surface area contributed by atoms with Gasteiger partial charge in [-0.2, -0.15) is 0 Å². The maximum absolute atomic E-state index is 11.8. The third-order valence-electron chi connectivity index (χ3n) is 4.05. The van der Waals surface area contributed by atoms with Gasteiger partial charge in [-0.3, -0.25) is 14.9 Å². The molecule has 1 aliphatic carbocycles. The molecule has 0 spiro atoms. The van der Waals surface area contributed by atoms with E-state index >= 15 is 0 Å². The quantitative estimate of drug-likeness (QED) is 0.672. The minimum absolute atomic E-state index is 0.0564. The fourth-order valence-electron chi connectivity index (χ4n) is 2.80. The zero-order chi connectivity index (χ0) is 13.5. The number of imide groups is 1. The highest BCUT2D eigenvalue weighted by Gasteiger charge is 2.57. The molecule has 1 aromatic carbocycles. The Morgan fingerprint density at radius 2 is 2.00 bits per heavy atom. The van der Waals surface area contributed by atoms with Gasteiger partial charge in [0.05, 0.1) is 11.6 Å². The summed E-state index contributed by atoms with van der Waals surface area (Å²) in [7, 11) is 0. The van der Waals surface area contributed by atoms with Gasteiger partial charge in [-0.1, -0.05) is 30.3 Å². The van der Waals surface area contributed by atoms with Crippen LogP contribution < -0.4 is 10.6 Å². The molecule has 5 nitrogen and oxygen atoms in total. The molecular weight excluding hydrogens is 244 g/mol. The van der Waals surface area contributed by atoms with Gasteiger partial charge in [0.15, 0.2) is 0 Å². The molecule has 2 amide bonds. The standard InChI is InChI=1S/C14H16N2O3/c17-11(9-4-2-1-3-5-9)8-15-14-6-10(7-14)12(18)16-13(14)19/h1-5,10-11,15,17H,6-8H2,(H,16,18,19). The topological polar surface area (TPSA) is 78.4 Å². The molecule has 4 rings (SSSR count). The molecular formula is C14H16N2O3. The molecule has 2 heterocycles. The molecule has 3 aliphatic rings. The van der Waals surface area contributed by atoms with Crippen LogP contribution in [0.5, 0.6) is 0 Å². The van der Waals surface area contributed by atoms with Gasteiger partial charge in [-0.25, -0.2) is 0 Å². The second kappa shape index (κ2) is 4.43. The van der Waals surface area contributed by atoms with Gasteiger partial charge < -0.3 is 10.4 Å². The highest BCUT2D eigenvalue weighted by atomic mass is 16.3.